The van der Waals surface area contributed by atoms with Gasteiger partial charge in [0.15, 0.2) is 11.5 Å². The Kier molecular flexibility index (Phi) is 11.2. The van der Waals surface area contributed by atoms with Crippen molar-refractivity contribution >= 4 is 34.8 Å². The largest absolute Gasteiger partial charge is 0.457 e. The third-order valence-corrected chi connectivity index (χ3v) is 18.7. The molecule has 2 aliphatic heterocycles. The number of anilines is 3. The summed E-state index contributed by atoms with van der Waals surface area (Å²) in [4.78, 5) is 4.97. The lowest BCUT2D eigenvalue weighted by Gasteiger charge is -2.43. The molecule has 7 aliphatic rings. The van der Waals surface area contributed by atoms with E-state index in [1.165, 1.54) is 78.2 Å². The summed E-state index contributed by atoms with van der Waals surface area (Å²) in [5.74, 6) is 4.18. The Morgan fingerprint density at radius 3 is 1.59 bits per heavy atom. The summed E-state index contributed by atoms with van der Waals surface area (Å²) in [6, 6.07) is 83.5. The number of benzene rings is 9. The number of nitrogens with zero attached hydrogens (tertiary/aromatic N) is 2. The molecule has 2 unspecified atom stereocenters. The number of hydrogen-bond acceptors (Lipinski definition) is 4. The summed E-state index contributed by atoms with van der Waals surface area (Å²) in [6.45, 7) is 4.89. The minimum absolute atomic E-state index is 0.214. The van der Waals surface area contributed by atoms with Crippen LogP contribution in [0.25, 0.3) is 28.9 Å². The van der Waals surface area contributed by atoms with E-state index in [-0.39, 0.29) is 11.8 Å². The molecule has 4 heteroatoms. The number of fused-ring (bicyclic) bond motifs is 7. The standard InChI is InChI=1S/C78H60N2O2/c1-51-52(2)76-62-45-42-54(48-64(62)78(57-27-11-5-12-28-57,58-29-13-6-14-30-58)66(76)50-71(51)80-69-33-17-21-37-74(69)82-75-38-22-18-34-70(75)80)40-39-53-41-44-60-61-46-43-59(79-67-31-15-19-35-72(67)81-73-36-20-16-32-68(73)79)49-65(61)77(63(60)47-53,55-23-7-3-8-24-55)56-25-9-4-10-26-56/h3-17,19,21-33,35,37-52H,18,20,34,36H2,1-2H3/b40-39+. The van der Waals surface area contributed by atoms with Crippen molar-refractivity contribution in [1.82, 2.24) is 0 Å². The van der Waals surface area contributed by atoms with E-state index in [0.717, 1.165) is 82.6 Å². The summed E-state index contributed by atoms with van der Waals surface area (Å²) in [5.41, 5.74) is 23.5. The van der Waals surface area contributed by atoms with Crippen LogP contribution in [0.15, 0.2) is 289 Å². The first-order valence-corrected chi connectivity index (χ1v) is 29.2. The quantitative estimate of drug-likeness (QED) is 0.142. The maximum absolute atomic E-state index is 6.64. The van der Waals surface area contributed by atoms with Crippen LogP contribution in [0, 0.1) is 11.8 Å². The molecular formula is C78H60N2O2. The molecule has 0 fully saturated rings. The van der Waals surface area contributed by atoms with Crippen molar-refractivity contribution in [2.45, 2.75) is 50.4 Å². The molecule has 0 saturated heterocycles. The fourth-order valence-corrected chi connectivity index (χ4v) is 15.0. The molecule has 5 aliphatic carbocycles. The molecule has 0 N–H and O–H groups in total. The lowest BCUT2D eigenvalue weighted by molar-refractivity contribution is 0.388. The van der Waals surface area contributed by atoms with Crippen LogP contribution in [0.4, 0.5) is 17.1 Å². The van der Waals surface area contributed by atoms with Gasteiger partial charge in [-0.2, -0.15) is 0 Å². The molecule has 0 aromatic heterocycles. The maximum Gasteiger partial charge on any atom is 0.151 e. The second-order valence-electron chi connectivity index (χ2n) is 22.9. The van der Waals surface area contributed by atoms with Gasteiger partial charge >= 0.3 is 0 Å². The SMILES string of the molecule is CC1C(N2C3=C(C=CCC3)Oc3ccccc32)=CC2=C(c3ccc(/C=C/c4ccc5c(c4)C(c4ccccc4)(c4ccccc4)c4cc(N6C7=C(CCC=C7)Oc7ccccc76)ccc4-5)cc3C2(c2ccccc2)c2ccccc2)C1C. The lowest BCUT2D eigenvalue weighted by atomic mass is 9.65. The second kappa shape index (κ2) is 19.0. The number of para-hydroxylation sites is 4. The summed E-state index contributed by atoms with van der Waals surface area (Å²) >= 11 is 0. The third kappa shape index (κ3) is 7.10. The highest BCUT2D eigenvalue weighted by Crippen LogP contribution is 2.62. The predicted octanol–water partition coefficient (Wildman–Crippen LogP) is 19.0. The molecule has 4 nitrogen and oxygen atoms in total. The average Bonchev–Trinajstić information content (AvgIpc) is 4.17. The van der Waals surface area contributed by atoms with Crippen LogP contribution in [0.5, 0.6) is 11.5 Å². The van der Waals surface area contributed by atoms with Crippen molar-refractivity contribution in [2.75, 3.05) is 9.80 Å². The van der Waals surface area contributed by atoms with E-state index in [0.29, 0.717) is 0 Å². The average molecular weight is 1060 g/mol. The maximum atomic E-state index is 6.64. The van der Waals surface area contributed by atoms with Crippen molar-refractivity contribution in [2.24, 2.45) is 11.8 Å². The van der Waals surface area contributed by atoms with Crippen molar-refractivity contribution in [3.8, 4) is 22.6 Å². The van der Waals surface area contributed by atoms with Gasteiger partial charge in [-0.15, -0.1) is 0 Å². The van der Waals surface area contributed by atoms with Gasteiger partial charge in [-0.25, -0.2) is 0 Å². The van der Waals surface area contributed by atoms with Gasteiger partial charge in [0.1, 0.15) is 11.5 Å². The molecule has 2 heterocycles. The highest BCUT2D eigenvalue weighted by atomic mass is 16.5. The molecular weight excluding hydrogens is 997 g/mol. The zero-order valence-corrected chi connectivity index (χ0v) is 46.1. The van der Waals surface area contributed by atoms with Gasteiger partial charge in [0.25, 0.3) is 0 Å². The number of allylic oxidation sites excluding steroid dienone is 10. The van der Waals surface area contributed by atoms with Crippen LogP contribution in [0.3, 0.4) is 0 Å². The van der Waals surface area contributed by atoms with Gasteiger partial charge in [-0.3, -0.25) is 0 Å². The molecule has 2 atom stereocenters. The van der Waals surface area contributed by atoms with E-state index in [4.69, 9.17) is 9.47 Å². The Balaban J connectivity index is 0.850. The second-order valence-corrected chi connectivity index (χ2v) is 22.9. The van der Waals surface area contributed by atoms with Crippen molar-refractivity contribution < 1.29 is 9.47 Å². The van der Waals surface area contributed by atoms with Crippen molar-refractivity contribution in [3.63, 3.8) is 0 Å². The molecule has 0 saturated carbocycles. The zero-order valence-electron chi connectivity index (χ0n) is 46.1. The molecule has 0 amide bonds. The Morgan fingerprint density at radius 2 is 0.951 bits per heavy atom. The molecule has 82 heavy (non-hydrogen) atoms. The molecule has 394 valence electrons. The Bertz CT molecular complexity index is 4230. The first kappa shape index (κ1) is 48.3. The highest BCUT2D eigenvalue weighted by Gasteiger charge is 2.52. The van der Waals surface area contributed by atoms with Gasteiger partial charge in [-0.05, 0) is 170 Å². The molecule has 9 aromatic carbocycles. The van der Waals surface area contributed by atoms with Crippen LogP contribution in [0.2, 0.25) is 0 Å². The van der Waals surface area contributed by atoms with E-state index in [1.807, 2.05) is 0 Å². The van der Waals surface area contributed by atoms with Crippen LogP contribution in [0.1, 0.15) is 95.2 Å². The predicted molar refractivity (Wildman–Crippen MR) is 335 cm³/mol. The minimum Gasteiger partial charge on any atom is -0.457 e. The lowest BCUT2D eigenvalue weighted by Crippen LogP contribution is -2.36. The van der Waals surface area contributed by atoms with Crippen LogP contribution in [-0.2, 0) is 10.8 Å². The molecule has 9 aromatic rings. The van der Waals surface area contributed by atoms with Gasteiger partial charge in [0.2, 0.25) is 0 Å². The molecule has 16 rings (SSSR count). The Morgan fingerprint density at radius 1 is 0.451 bits per heavy atom. The van der Waals surface area contributed by atoms with Crippen LogP contribution in [-0.4, -0.2) is 0 Å². The third-order valence-electron chi connectivity index (χ3n) is 18.7. The van der Waals surface area contributed by atoms with Crippen LogP contribution >= 0.6 is 0 Å². The summed E-state index contributed by atoms with van der Waals surface area (Å²) in [6.07, 6.45) is 19.9. The highest BCUT2D eigenvalue weighted by molar-refractivity contribution is 5.93. The van der Waals surface area contributed by atoms with Gasteiger partial charge < -0.3 is 19.3 Å². The topological polar surface area (TPSA) is 24.9 Å². The van der Waals surface area contributed by atoms with Gasteiger partial charge in [0, 0.05) is 23.7 Å². The van der Waals surface area contributed by atoms with Gasteiger partial charge in [-0.1, -0.05) is 214 Å². The van der Waals surface area contributed by atoms with E-state index >= 15 is 0 Å². The monoisotopic (exact) mass is 1060 g/mol. The smallest absolute Gasteiger partial charge is 0.151 e. The first-order valence-electron chi connectivity index (χ1n) is 29.2. The fourth-order valence-electron chi connectivity index (χ4n) is 15.0. The van der Waals surface area contributed by atoms with Crippen molar-refractivity contribution in [3.05, 3.63) is 345 Å². The Labute approximate surface area is 481 Å². The first-order chi connectivity index (χ1) is 40.5. The molecule has 0 radical (unpaired) electrons. The van der Waals surface area contributed by atoms with Gasteiger partial charge in [0.05, 0.1) is 33.6 Å². The summed E-state index contributed by atoms with van der Waals surface area (Å²) < 4.78 is 13.2. The van der Waals surface area contributed by atoms with E-state index in [9.17, 15) is 0 Å². The van der Waals surface area contributed by atoms with Crippen molar-refractivity contribution in [1.29, 1.82) is 0 Å². The molecule has 0 bridgehead atoms. The number of hydrogen-bond donors (Lipinski definition) is 0. The summed E-state index contributed by atoms with van der Waals surface area (Å²) in [7, 11) is 0. The van der Waals surface area contributed by atoms with E-state index in [1.54, 1.807) is 0 Å². The number of rotatable bonds is 8. The normalized spacial score (nSPS) is 19.3. The zero-order chi connectivity index (χ0) is 54.5. The van der Waals surface area contributed by atoms with E-state index < -0.39 is 10.8 Å². The minimum atomic E-state index is -0.614. The summed E-state index contributed by atoms with van der Waals surface area (Å²) in [5, 5.41) is 0. The number of ether oxygens (including phenoxy) is 2. The van der Waals surface area contributed by atoms with Crippen LogP contribution < -0.4 is 19.3 Å². The Hall–Kier alpha value is -9.64. The fraction of sp³-hybridized carbons (Fsp3) is 0.128. The molecule has 0 spiro atoms. The van der Waals surface area contributed by atoms with E-state index in [2.05, 4.69) is 291 Å².